The molecule has 12 heteroatoms. The Morgan fingerprint density at radius 2 is 1.75 bits per heavy atom. The topological polar surface area (TPSA) is 116 Å². The summed E-state index contributed by atoms with van der Waals surface area (Å²) in [6.45, 7) is 7.39. The van der Waals surface area contributed by atoms with Crippen molar-refractivity contribution in [1.82, 2.24) is 4.31 Å². The molecule has 1 heterocycles. The van der Waals surface area contributed by atoms with Gasteiger partial charge in [0.1, 0.15) is 21.8 Å². The van der Waals surface area contributed by atoms with E-state index in [1.165, 1.54) is 18.2 Å². The van der Waals surface area contributed by atoms with Gasteiger partial charge in [0.15, 0.2) is 13.3 Å². The van der Waals surface area contributed by atoms with Crippen molar-refractivity contribution < 1.29 is 37.0 Å². The van der Waals surface area contributed by atoms with Crippen molar-refractivity contribution in [3.8, 4) is 5.75 Å². The second-order valence-electron chi connectivity index (χ2n) is 9.20. The standard InChI is InChI=1S/C24H25Cl2NO8S/c1-13(2)14-7-6-8-17-19(14)22(29)27(36(17,31)32)12-34-23(30)20-15(25)9-10-16(21(20)26)33-11-18(28)35-24(3,4)5/h6-10,13H,11-12H2,1-5H3. The van der Waals surface area contributed by atoms with E-state index in [2.05, 4.69) is 0 Å². The lowest BCUT2D eigenvalue weighted by atomic mass is 9.97. The molecule has 2 aromatic rings. The van der Waals surface area contributed by atoms with Gasteiger partial charge in [0.2, 0.25) is 0 Å². The highest BCUT2D eigenvalue weighted by Crippen LogP contribution is 2.37. The molecule has 0 aromatic heterocycles. The molecule has 3 rings (SSSR count). The Morgan fingerprint density at radius 3 is 2.36 bits per heavy atom. The van der Waals surface area contributed by atoms with E-state index in [-0.39, 0.29) is 37.7 Å². The van der Waals surface area contributed by atoms with Crippen LogP contribution in [0.1, 0.15) is 66.8 Å². The average Bonchev–Trinajstić information content (AvgIpc) is 2.95. The average molecular weight is 558 g/mol. The molecule has 0 fully saturated rings. The molecular weight excluding hydrogens is 533 g/mol. The van der Waals surface area contributed by atoms with Gasteiger partial charge in [0.05, 0.1) is 15.6 Å². The zero-order valence-corrected chi connectivity index (χ0v) is 22.6. The molecule has 0 radical (unpaired) electrons. The van der Waals surface area contributed by atoms with Gasteiger partial charge in [-0.3, -0.25) is 4.79 Å². The number of nitrogens with zero attached hydrogens (tertiary/aromatic N) is 1. The molecule has 1 amide bonds. The van der Waals surface area contributed by atoms with E-state index >= 15 is 0 Å². The van der Waals surface area contributed by atoms with Crippen LogP contribution >= 0.6 is 23.2 Å². The first kappa shape index (κ1) is 27.8. The van der Waals surface area contributed by atoms with Gasteiger partial charge in [-0.15, -0.1) is 0 Å². The summed E-state index contributed by atoms with van der Waals surface area (Å²) in [5.74, 6) is -2.69. The summed E-state index contributed by atoms with van der Waals surface area (Å²) in [6, 6.07) is 7.21. The molecule has 0 atom stereocenters. The molecule has 0 spiro atoms. The van der Waals surface area contributed by atoms with Crippen molar-refractivity contribution in [3.05, 3.63) is 57.1 Å². The Labute approximate surface area is 219 Å². The molecule has 0 N–H and O–H groups in total. The van der Waals surface area contributed by atoms with E-state index in [9.17, 15) is 22.8 Å². The number of fused-ring (bicyclic) bond motifs is 1. The van der Waals surface area contributed by atoms with Crippen molar-refractivity contribution >= 4 is 51.1 Å². The Balaban J connectivity index is 1.78. The van der Waals surface area contributed by atoms with Gasteiger partial charge in [-0.25, -0.2) is 18.0 Å². The number of carbonyl (C=O) groups excluding carboxylic acids is 3. The fraction of sp³-hybridized carbons (Fsp3) is 0.375. The maximum absolute atomic E-state index is 13.0. The zero-order valence-electron chi connectivity index (χ0n) is 20.3. The molecule has 1 aliphatic heterocycles. The SMILES string of the molecule is CC(C)c1cccc2c1C(=O)N(COC(=O)c1c(Cl)ccc(OCC(=O)OC(C)(C)C)c1Cl)S2(=O)=O. The molecule has 0 unspecified atom stereocenters. The van der Waals surface area contributed by atoms with Crippen LogP contribution in [-0.2, 0) is 24.3 Å². The van der Waals surface area contributed by atoms with Crippen molar-refractivity contribution in [2.75, 3.05) is 13.3 Å². The van der Waals surface area contributed by atoms with E-state index in [0.717, 1.165) is 0 Å². The number of amides is 1. The number of benzene rings is 2. The molecule has 1 aliphatic rings. The van der Waals surface area contributed by atoms with Crippen molar-refractivity contribution in [1.29, 1.82) is 0 Å². The monoisotopic (exact) mass is 557 g/mol. The van der Waals surface area contributed by atoms with Crippen molar-refractivity contribution in [3.63, 3.8) is 0 Å². The summed E-state index contributed by atoms with van der Waals surface area (Å²) in [6.07, 6.45) is 0. The minimum Gasteiger partial charge on any atom is -0.480 e. The van der Waals surface area contributed by atoms with Crippen molar-refractivity contribution in [2.24, 2.45) is 0 Å². The number of carbonyl (C=O) groups is 3. The maximum Gasteiger partial charge on any atom is 0.344 e. The van der Waals surface area contributed by atoms with Crippen LogP contribution < -0.4 is 4.74 Å². The Morgan fingerprint density at radius 1 is 1.08 bits per heavy atom. The van der Waals surface area contributed by atoms with Crippen LogP contribution in [0.4, 0.5) is 0 Å². The number of halogens is 2. The van der Waals surface area contributed by atoms with Gasteiger partial charge < -0.3 is 14.2 Å². The third kappa shape index (κ3) is 5.61. The Kier molecular flexibility index (Phi) is 7.92. The van der Waals surface area contributed by atoms with Crippen LogP contribution in [0.15, 0.2) is 35.2 Å². The third-order valence-electron chi connectivity index (χ3n) is 5.03. The third-order valence-corrected chi connectivity index (χ3v) is 7.46. The first-order chi connectivity index (χ1) is 16.6. The first-order valence-corrected chi connectivity index (χ1v) is 13.0. The van der Waals surface area contributed by atoms with E-state index in [1.807, 2.05) is 13.8 Å². The highest BCUT2D eigenvalue weighted by molar-refractivity contribution is 7.90. The predicted octanol–water partition coefficient (Wildman–Crippen LogP) is 4.80. The molecule has 0 saturated carbocycles. The summed E-state index contributed by atoms with van der Waals surface area (Å²) < 4.78 is 42.0. The number of esters is 2. The normalized spacial score (nSPS) is 14.6. The number of rotatable bonds is 7. The Hall–Kier alpha value is -2.82. The lowest BCUT2D eigenvalue weighted by Gasteiger charge is -2.20. The summed E-state index contributed by atoms with van der Waals surface area (Å²) in [7, 11) is -4.23. The molecular formula is C24H25Cl2NO8S. The fourth-order valence-electron chi connectivity index (χ4n) is 3.48. The highest BCUT2D eigenvalue weighted by atomic mass is 35.5. The van der Waals surface area contributed by atoms with E-state index in [0.29, 0.717) is 9.87 Å². The predicted molar refractivity (Wildman–Crippen MR) is 132 cm³/mol. The number of hydrogen-bond acceptors (Lipinski definition) is 8. The van der Waals surface area contributed by atoms with Gasteiger partial charge >= 0.3 is 11.9 Å². The van der Waals surface area contributed by atoms with Gasteiger partial charge in [0.25, 0.3) is 15.9 Å². The summed E-state index contributed by atoms with van der Waals surface area (Å²) in [4.78, 5) is 37.6. The first-order valence-electron chi connectivity index (χ1n) is 10.8. The zero-order chi connectivity index (χ0) is 27.0. The van der Waals surface area contributed by atoms with E-state index in [4.69, 9.17) is 37.4 Å². The van der Waals surface area contributed by atoms with Crippen LogP contribution in [0.3, 0.4) is 0 Å². The van der Waals surface area contributed by atoms with E-state index < -0.39 is 46.8 Å². The van der Waals surface area contributed by atoms with Crippen LogP contribution in [0.5, 0.6) is 5.75 Å². The van der Waals surface area contributed by atoms with Crippen LogP contribution in [-0.4, -0.2) is 49.5 Å². The van der Waals surface area contributed by atoms with Crippen molar-refractivity contribution in [2.45, 2.75) is 51.0 Å². The molecule has 9 nitrogen and oxygen atoms in total. The fourth-order valence-corrected chi connectivity index (χ4v) is 5.51. The largest absolute Gasteiger partial charge is 0.480 e. The van der Waals surface area contributed by atoms with Gasteiger partial charge in [-0.2, -0.15) is 4.31 Å². The van der Waals surface area contributed by atoms with Crippen LogP contribution in [0.2, 0.25) is 10.0 Å². The lowest BCUT2D eigenvalue weighted by molar-refractivity contribution is -0.157. The highest BCUT2D eigenvalue weighted by Gasteiger charge is 2.43. The van der Waals surface area contributed by atoms with Gasteiger partial charge in [0, 0.05) is 0 Å². The quantitative estimate of drug-likeness (QED) is 0.446. The molecule has 194 valence electrons. The minimum absolute atomic E-state index is 0.0438. The number of sulfonamides is 1. The smallest absolute Gasteiger partial charge is 0.344 e. The molecule has 0 aliphatic carbocycles. The molecule has 0 bridgehead atoms. The van der Waals surface area contributed by atoms with Crippen LogP contribution in [0.25, 0.3) is 0 Å². The minimum atomic E-state index is -4.23. The summed E-state index contributed by atoms with van der Waals surface area (Å²) in [5, 5.41) is -0.354. The van der Waals surface area contributed by atoms with Gasteiger partial charge in [-0.05, 0) is 50.5 Å². The number of hydrogen-bond donors (Lipinski definition) is 0. The molecule has 2 aromatic carbocycles. The van der Waals surface area contributed by atoms with E-state index in [1.54, 1.807) is 32.9 Å². The number of ether oxygens (including phenoxy) is 3. The van der Waals surface area contributed by atoms with Gasteiger partial charge in [-0.1, -0.05) is 49.2 Å². The summed E-state index contributed by atoms with van der Waals surface area (Å²) >= 11 is 12.4. The Bertz CT molecular complexity index is 1330. The van der Waals surface area contributed by atoms with Crippen LogP contribution in [0, 0.1) is 0 Å². The molecule has 0 saturated heterocycles. The maximum atomic E-state index is 13.0. The second-order valence-corrected chi connectivity index (χ2v) is 11.8. The molecule has 36 heavy (non-hydrogen) atoms. The summed E-state index contributed by atoms with van der Waals surface area (Å²) in [5.41, 5.74) is -0.417. The lowest BCUT2D eigenvalue weighted by Crippen LogP contribution is -2.33. The second kappa shape index (κ2) is 10.3.